The summed E-state index contributed by atoms with van der Waals surface area (Å²) in [5.74, 6) is -0.353. The molecule has 0 saturated heterocycles. The van der Waals surface area contributed by atoms with Crippen molar-refractivity contribution >= 4 is 52.2 Å². The predicted octanol–water partition coefficient (Wildman–Crippen LogP) is 5.56. The maximum atomic E-state index is 13.7. The first-order chi connectivity index (χ1) is 17.9. The minimum absolute atomic E-state index is 0.200. The molecule has 4 aromatic rings. The molecule has 1 atom stereocenters. The fourth-order valence-electron chi connectivity index (χ4n) is 4.15. The van der Waals surface area contributed by atoms with Crippen LogP contribution in [0.5, 0.6) is 0 Å². The highest BCUT2D eigenvalue weighted by atomic mass is 35.5. The normalized spacial score (nSPS) is 15.1. The highest BCUT2D eigenvalue weighted by Crippen LogP contribution is 2.29. The van der Waals surface area contributed by atoms with Gasteiger partial charge >= 0.3 is 0 Å². The van der Waals surface area contributed by atoms with Gasteiger partial charge in [0.25, 0.3) is 11.8 Å². The summed E-state index contributed by atoms with van der Waals surface area (Å²) >= 11 is 7.67. The van der Waals surface area contributed by atoms with Crippen LogP contribution in [0.1, 0.15) is 36.7 Å². The molecule has 1 aliphatic heterocycles. The van der Waals surface area contributed by atoms with Gasteiger partial charge in [-0.15, -0.1) is 11.3 Å². The summed E-state index contributed by atoms with van der Waals surface area (Å²) in [5, 5.41) is 8.04. The summed E-state index contributed by atoms with van der Waals surface area (Å²) < 4.78 is 0. The number of hydrogen-bond donors (Lipinski definition) is 2. The molecule has 186 valence electrons. The second kappa shape index (κ2) is 10.5. The predicted molar refractivity (Wildman–Crippen MR) is 145 cm³/mol. The number of thiophene rings is 1. The van der Waals surface area contributed by atoms with Crippen molar-refractivity contribution in [3.05, 3.63) is 110 Å². The van der Waals surface area contributed by atoms with Gasteiger partial charge in [0.2, 0.25) is 5.91 Å². The fourth-order valence-corrected chi connectivity index (χ4v) is 5.07. The van der Waals surface area contributed by atoms with E-state index < -0.39 is 6.04 Å². The highest BCUT2D eigenvalue weighted by Gasteiger charge is 2.35. The summed E-state index contributed by atoms with van der Waals surface area (Å²) in [6, 6.07) is 18.6. The Balaban J connectivity index is 1.40. The number of benzene rings is 2. The number of anilines is 2. The van der Waals surface area contributed by atoms with Gasteiger partial charge in [-0.1, -0.05) is 35.9 Å². The lowest BCUT2D eigenvalue weighted by molar-refractivity contribution is -0.120. The molecule has 0 bridgehead atoms. The number of aromatic nitrogens is 1. The molecule has 2 aromatic heterocycles. The van der Waals surface area contributed by atoms with Gasteiger partial charge < -0.3 is 15.5 Å². The van der Waals surface area contributed by atoms with Crippen molar-refractivity contribution in [2.24, 2.45) is 0 Å². The van der Waals surface area contributed by atoms with E-state index in [1.165, 1.54) is 11.3 Å². The number of nitrogens with zero attached hydrogens (tertiary/aromatic N) is 2. The fraction of sp³-hybridized carbons (Fsp3) is 0.143. The lowest BCUT2D eigenvalue weighted by Crippen LogP contribution is -2.46. The Kier molecular flexibility index (Phi) is 7.03. The molecule has 0 aliphatic carbocycles. The molecular weight excluding hydrogens is 508 g/mol. The average molecular weight is 531 g/mol. The van der Waals surface area contributed by atoms with Crippen LogP contribution in [0.3, 0.4) is 0 Å². The van der Waals surface area contributed by atoms with Crippen molar-refractivity contribution in [3.63, 3.8) is 0 Å². The maximum absolute atomic E-state index is 13.7. The van der Waals surface area contributed by atoms with Crippen LogP contribution in [0.15, 0.2) is 78.3 Å². The number of aryl methyl sites for hydroxylation is 1. The van der Waals surface area contributed by atoms with E-state index in [0.717, 1.165) is 16.0 Å². The summed E-state index contributed by atoms with van der Waals surface area (Å²) in [7, 11) is 0. The Morgan fingerprint density at radius 3 is 2.62 bits per heavy atom. The van der Waals surface area contributed by atoms with E-state index in [9.17, 15) is 14.4 Å². The van der Waals surface area contributed by atoms with Crippen molar-refractivity contribution in [3.8, 4) is 0 Å². The smallest absolute Gasteiger partial charge is 0.256 e. The minimum Gasteiger partial charge on any atom is -0.323 e. The number of rotatable bonds is 6. The molecule has 9 heteroatoms. The summed E-state index contributed by atoms with van der Waals surface area (Å²) in [6.45, 7) is 2.13. The van der Waals surface area contributed by atoms with Gasteiger partial charge in [-0.2, -0.15) is 0 Å². The van der Waals surface area contributed by atoms with Crippen molar-refractivity contribution in [2.75, 3.05) is 10.6 Å². The first-order valence-corrected chi connectivity index (χ1v) is 12.9. The van der Waals surface area contributed by atoms with E-state index in [2.05, 4.69) is 15.6 Å². The minimum atomic E-state index is -0.715. The molecule has 0 saturated carbocycles. The molecule has 5 rings (SSSR count). The number of fused-ring (bicyclic) bond motifs is 1. The van der Waals surface area contributed by atoms with Gasteiger partial charge in [-0.3, -0.25) is 14.4 Å². The molecule has 3 amide bonds. The Labute approximate surface area is 223 Å². The number of pyridine rings is 1. The molecule has 2 N–H and O–H groups in total. The molecule has 1 unspecified atom stereocenters. The third-order valence-corrected chi connectivity index (χ3v) is 7.24. The number of carbonyl (C=O) groups is 3. The second-order valence-corrected chi connectivity index (χ2v) is 10.3. The average Bonchev–Trinajstić information content (AvgIpc) is 3.38. The Morgan fingerprint density at radius 1 is 1.11 bits per heavy atom. The van der Waals surface area contributed by atoms with E-state index in [0.29, 0.717) is 34.1 Å². The van der Waals surface area contributed by atoms with Crippen LogP contribution < -0.4 is 10.6 Å². The molecule has 2 aromatic carbocycles. The van der Waals surface area contributed by atoms with E-state index in [1.54, 1.807) is 59.6 Å². The third-order valence-electron chi connectivity index (χ3n) is 6.11. The first kappa shape index (κ1) is 24.7. The van der Waals surface area contributed by atoms with Gasteiger partial charge in [0.1, 0.15) is 11.9 Å². The molecule has 37 heavy (non-hydrogen) atoms. The lowest BCUT2D eigenvalue weighted by atomic mass is 10.1. The van der Waals surface area contributed by atoms with Crippen molar-refractivity contribution in [1.29, 1.82) is 0 Å². The first-order valence-electron chi connectivity index (χ1n) is 11.6. The Hall–Kier alpha value is -4.01. The van der Waals surface area contributed by atoms with Crippen LogP contribution in [0.25, 0.3) is 0 Å². The van der Waals surface area contributed by atoms with Crippen LogP contribution >= 0.6 is 22.9 Å². The standard InChI is InChI=1S/C28H23ClN4O3S/c1-17-4-11-25(30-15-17)32-26(34)19-7-5-18(6-8-19)16-33-24(14-21-3-2-12-37-21)27(35)31-23-13-20(29)9-10-22(23)28(33)36/h2-13,15,24H,14,16H2,1H3,(H,31,35)(H,30,32,34). The van der Waals surface area contributed by atoms with Crippen LogP contribution in [-0.2, 0) is 17.8 Å². The van der Waals surface area contributed by atoms with Crippen molar-refractivity contribution in [1.82, 2.24) is 9.88 Å². The quantitative estimate of drug-likeness (QED) is 0.341. The van der Waals surface area contributed by atoms with Crippen molar-refractivity contribution < 1.29 is 14.4 Å². The molecule has 0 fully saturated rings. The molecule has 7 nitrogen and oxygen atoms in total. The largest absolute Gasteiger partial charge is 0.323 e. The number of carbonyl (C=O) groups excluding carboxylic acids is 3. The van der Waals surface area contributed by atoms with Crippen LogP contribution in [0.4, 0.5) is 11.5 Å². The topological polar surface area (TPSA) is 91.4 Å². The van der Waals surface area contributed by atoms with Gasteiger partial charge in [0.15, 0.2) is 0 Å². The zero-order valence-electron chi connectivity index (χ0n) is 19.9. The zero-order valence-corrected chi connectivity index (χ0v) is 21.5. The van der Waals surface area contributed by atoms with Crippen LogP contribution in [-0.4, -0.2) is 33.6 Å². The molecular formula is C28H23ClN4O3S. The molecule has 0 spiro atoms. The lowest BCUT2D eigenvalue weighted by Gasteiger charge is -2.28. The van der Waals surface area contributed by atoms with Crippen LogP contribution in [0.2, 0.25) is 5.02 Å². The second-order valence-electron chi connectivity index (χ2n) is 8.78. The van der Waals surface area contributed by atoms with E-state index in [4.69, 9.17) is 11.6 Å². The Morgan fingerprint density at radius 2 is 1.92 bits per heavy atom. The van der Waals surface area contributed by atoms with E-state index >= 15 is 0 Å². The van der Waals surface area contributed by atoms with Gasteiger partial charge in [-0.25, -0.2) is 4.98 Å². The molecule has 0 radical (unpaired) electrons. The summed E-state index contributed by atoms with van der Waals surface area (Å²) in [4.78, 5) is 46.4. The Bertz CT molecular complexity index is 1450. The third kappa shape index (κ3) is 5.55. The van der Waals surface area contributed by atoms with Gasteiger partial charge in [-0.05, 0) is 65.9 Å². The zero-order chi connectivity index (χ0) is 25.9. The maximum Gasteiger partial charge on any atom is 0.256 e. The number of nitrogens with one attached hydrogen (secondary N) is 2. The monoisotopic (exact) mass is 530 g/mol. The van der Waals surface area contributed by atoms with E-state index in [1.807, 2.05) is 30.5 Å². The summed E-state index contributed by atoms with van der Waals surface area (Å²) in [5.41, 5.74) is 3.04. The molecule has 1 aliphatic rings. The number of hydrogen-bond acceptors (Lipinski definition) is 5. The van der Waals surface area contributed by atoms with Crippen LogP contribution in [0, 0.1) is 6.92 Å². The highest BCUT2D eigenvalue weighted by molar-refractivity contribution is 7.09. The molecule has 3 heterocycles. The number of halogens is 1. The van der Waals surface area contributed by atoms with Gasteiger partial charge in [0.05, 0.1) is 11.3 Å². The van der Waals surface area contributed by atoms with E-state index in [-0.39, 0.29) is 24.3 Å². The SMILES string of the molecule is Cc1ccc(NC(=O)c2ccc(CN3C(=O)c4ccc(Cl)cc4NC(=O)C3Cc3cccs3)cc2)nc1. The van der Waals surface area contributed by atoms with Crippen molar-refractivity contribution in [2.45, 2.75) is 25.9 Å². The van der Waals surface area contributed by atoms with Gasteiger partial charge in [0, 0.05) is 34.6 Å². The number of amides is 3. The summed E-state index contributed by atoms with van der Waals surface area (Å²) in [6.07, 6.45) is 2.08.